The van der Waals surface area contributed by atoms with Crippen molar-refractivity contribution in [1.29, 1.82) is 0 Å². The zero-order chi connectivity index (χ0) is 18.7. The minimum Gasteiger partial charge on any atom is -0.463 e. The first-order valence-electron chi connectivity index (χ1n) is 8.18. The summed E-state index contributed by atoms with van der Waals surface area (Å²) in [4.78, 5) is -0.00484. The third-order valence-electron chi connectivity index (χ3n) is 3.72. The second-order valence-corrected chi connectivity index (χ2v) is 7.84. The molecule has 0 amide bonds. The molecule has 2 aromatic carbocycles. The molecule has 2 N–H and O–H groups in total. The number of hydrogen-bond acceptors (Lipinski definition) is 5. The first-order chi connectivity index (χ1) is 12.4. The molecule has 3 rings (SSSR count). The van der Waals surface area contributed by atoms with Crippen LogP contribution in [0.4, 0.5) is 0 Å². The molecular weight excluding hydrogens is 352 g/mol. The Hall–Kier alpha value is -2.64. The zero-order valence-corrected chi connectivity index (χ0v) is 15.4. The fraction of sp³-hybridized carbons (Fsp3) is 0.211. The molecular formula is C19H20N2O4S. The molecule has 0 fully saturated rings. The van der Waals surface area contributed by atoms with E-state index in [4.69, 9.17) is 14.4 Å². The Kier molecular flexibility index (Phi) is 5.11. The van der Waals surface area contributed by atoms with Gasteiger partial charge in [0, 0.05) is 11.1 Å². The van der Waals surface area contributed by atoms with Crippen LogP contribution in [0.1, 0.15) is 13.8 Å². The number of hydrogen-bond donors (Lipinski definition) is 1. The van der Waals surface area contributed by atoms with Crippen LogP contribution in [0.25, 0.3) is 22.4 Å². The van der Waals surface area contributed by atoms with Gasteiger partial charge in [-0.3, -0.25) is 0 Å². The van der Waals surface area contributed by atoms with Gasteiger partial charge in [-0.05, 0) is 12.0 Å². The minimum absolute atomic E-state index is 0.00484. The summed E-state index contributed by atoms with van der Waals surface area (Å²) in [6.45, 7) is 4.42. The van der Waals surface area contributed by atoms with Crippen LogP contribution in [-0.4, -0.2) is 20.2 Å². The normalized spacial score (nSPS) is 11.7. The van der Waals surface area contributed by atoms with Crippen molar-refractivity contribution in [2.45, 2.75) is 18.7 Å². The topological polar surface area (TPSA) is 95.4 Å². The van der Waals surface area contributed by atoms with E-state index in [1.54, 1.807) is 18.2 Å². The Bertz CT molecular complexity index is 995. The molecule has 0 saturated heterocycles. The van der Waals surface area contributed by atoms with Crippen LogP contribution >= 0.6 is 0 Å². The van der Waals surface area contributed by atoms with Crippen LogP contribution in [0.2, 0.25) is 0 Å². The molecule has 3 aromatic rings. The number of aromatic nitrogens is 1. The highest BCUT2D eigenvalue weighted by Gasteiger charge is 2.26. The van der Waals surface area contributed by atoms with Gasteiger partial charge in [-0.2, -0.15) is 0 Å². The number of nitrogens with two attached hydrogens (primary N) is 1. The highest BCUT2D eigenvalue weighted by molar-refractivity contribution is 7.89. The van der Waals surface area contributed by atoms with E-state index >= 15 is 0 Å². The van der Waals surface area contributed by atoms with Crippen molar-refractivity contribution in [2.75, 3.05) is 6.61 Å². The Morgan fingerprint density at radius 3 is 2.38 bits per heavy atom. The third-order valence-corrected chi connectivity index (χ3v) is 4.69. The largest absolute Gasteiger partial charge is 0.463 e. The number of primary sulfonamides is 1. The van der Waals surface area contributed by atoms with Crippen LogP contribution in [-0.2, 0) is 10.0 Å². The Balaban J connectivity index is 2.23. The molecule has 6 nitrogen and oxygen atoms in total. The van der Waals surface area contributed by atoms with Crippen molar-refractivity contribution >= 4 is 10.0 Å². The monoisotopic (exact) mass is 372 g/mol. The van der Waals surface area contributed by atoms with E-state index in [2.05, 4.69) is 5.16 Å². The molecule has 136 valence electrons. The summed E-state index contributed by atoms with van der Waals surface area (Å²) in [5, 5.41) is 9.53. The van der Waals surface area contributed by atoms with E-state index in [1.165, 1.54) is 6.07 Å². The van der Waals surface area contributed by atoms with Crippen LogP contribution < -0.4 is 9.88 Å². The summed E-state index contributed by atoms with van der Waals surface area (Å²) < 4.78 is 35.3. The molecule has 0 aliphatic rings. The maximum Gasteiger partial charge on any atom is 0.319 e. The molecule has 0 atom stereocenters. The zero-order valence-electron chi connectivity index (χ0n) is 14.5. The molecule has 7 heteroatoms. The lowest BCUT2D eigenvalue weighted by molar-refractivity contribution is 0.192. The molecule has 0 spiro atoms. The Labute approximate surface area is 152 Å². The fourth-order valence-electron chi connectivity index (χ4n) is 2.57. The lowest BCUT2D eigenvalue weighted by atomic mass is 10.0. The second kappa shape index (κ2) is 7.31. The molecule has 0 aliphatic carbocycles. The van der Waals surface area contributed by atoms with Crippen molar-refractivity contribution in [3.8, 4) is 28.3 Å². The second-order valence-electron chi connectivity index (χ2n) is 6.31. The summed E-state index contributed by atoms with van der Waals surface area (Å²) >= 11 is 0. The Morgan fingerprint density at radius 2 is 1.73 bits per heavy atom. The molecule has 0 radical (unpaired) electrons. The molecule has 1 heterocycles. The predicted molar refractivity (Wildman–Crippen MR) is 99.1 cm³/mol. The van der Waals surface area contributed by atoms with Crippen molar-refractivity contribution in [3.05, 3.63) is 54.6 Å². The van der Waals surface area contributed by atoms with E-state index in [0.29, 0.717) is 23.4 Å². The quantitative estimate of drug-likeness (QED) is 0.712. The Morgan fingerprint density at radius 1 is 1.08 bits per heavy atom. The summed E-state index contributed by atoms with van der Waals surface area (Å²) in [7, 11) is -3.93. The molecule has 0 bridgehead atoms. The summed E-state index contributed by atoms with van der Waals surface area (Å²) in [5.74, 6) is 0.440. The van der Waals surface area contributed by atoms with Gasteiger partial charge < -0.3 is 9.26 Å². The van der Waals surface area contributed by atoms with Crippen molar-refractivity contribution < 1.29 is 17.7 Å². The average Bonchev–Trinajstić information content (AvgIpc) is 3.04. The fourth-order valence-corrected chi connectivity index (χ4v) is 3.31. The lowest BCUT2D eigenvalue weighted by Crippen LogP contribution is -2.13. The highest BCUT2D eigenvalue weighted by Crippen LogP contribution is 2.41. The maximum absolute atomic E-state index is 12.1. The first kappa shape index (κ1) is 18.2. The van der Waals surface area contributed by atoms with E-state index in [1.807, 2.05) is 44.2 Å². The lowest BCUT2D eigenvalue weighted by Gasteiger charge is -2.11. The van der Waals surface area contributed by atoms with Crippen LogP contribution in [0, 0.1) is 5.92 Å². The molecule has 0 saturated carbocycles. The smallest absolute Gasteiger partial charge is 0.319 e. The van der Waals surface area contributed by atoms with Crippen molar-refractivity contribution in [1.82, 2.24) is 5.16 Å². The SMILES string of the molecule is CC(C)COc1onc(-c2ccccc2)c1-c1ccccc1S(N)(=O)=O. The van der Waals surface area contributed by atoms with Gasteiger partial charge in [0.05, 0.1) is 17.1 Å². The molecule has 26 heavy (non-hydrogen) atoms. The first-order valence-corrected chi connectivity index (χ1v) is 9.72. The van der Waals surface area contributed by atoms with E-state index in [0.717, 1.165) is 5.56 Å². The van der Waals surface area contributed by atoms with Gasteiger partial charge in [0.15, 0.2) is 0 Å². The van der Waals surface area contributed by atoms with E-state index in [-0.39, 0.29) is 16.8 Å². The van der Waals surface area contributed by atoms with Crippen LogP contribution in [0.15, 0.2) is 64.0 Å². The van der Waals surface area contributed by atoms with Gasteiger partial charge in [-0.1, -0.05) is 67.5 Å². The molecule has 0 unspecified atom stereocenters. The standard InChI is InChI=1S/C19H20N2O4S/c1-13(2)12-24-19-17(15-10-6-7-11-16(15)26(20,22)23)18(21-25-19)14-8-4-3-5-9-14/h3-11,13H,12H2,1-2H3,(H2,20,22,23). The minimum atomic E-state index is -3.93. The van der Waals surface area contributed by atoms with E-state index in [9.17, 15) is 8.42 Å². The number of ether oxygens (including phenoxy) is 1. The van der Waals surface area contributed by atoms with Crippen molar-refractivity contribution in [2.24, 2.45) is 11.1 Å². The number of sulfonamides is 1. The van der Waals surface area contributed by atoms with E-state index < -0.39 is 10.0 Å². The van der Waals surface area contributed by atoms with Gasteiger partial charge >= 0.3 is 5.95 Å². The van der Waals surface area contributed by atoms with Gasteiger partial charge in [0.1, 0.15) is 5.69 Å². The van der Waals surface area contributed by atoms with Gasteiger partial charge in [-0.25, -0.2) is 13.6 Å². The van der Waals surface area contributed by atoms with Crippen molar-refractivity contribution in [3.63, 3.8) is 0 Å². The third kappa shape index (κ3) is 3.79. The van der Waals surface area contributed by atoms with Crippen LogP contribution in [0.5, 0.6) is 5.95 Å². The van der Waals surface area contributed by atoms with Gasteiger partial charge in [-0.15, -0.1) is 0 Å². The molecule has 1 aromatic heterocycles. The average molecular weight is 372 g/mol. The summed E-state index contributed by atoms with van der Waals surface area (Å²) in [6, 6.07) is 15.8. The number of benzene rings is 2. The van der Waals surface area contributed by atoms with Gasteiger partial charge in [0.25, 0.3) is 0 Å². The highest BCUT2D eigenvalue weighted by atomic mass is 32.2. The summed E-state index contributed by atoms with van der Waals surface area (Å²) in [5.41, 5.74) is 2.16. The number of nitrogens with zero attached hydrogens (tertiary/aromatic N) is 1. The number of rotatable bonds is 6. The van der Waals surface area contributed by atoms with Crippen LogP contribution in [0.3, 0.4) is 0 Å². The summed E-state index contributed by atoms with van der Waals surface area (Å²) in [6.07, 6.45) is 0. The predicted octanol–water partition coefficient (Wildman–Crippen LogP) is 3.69. The molecule has 0 aliphatic heterocycles. The maximum atomic E-state index is 12.1. The van der Waals surface area contributed by atoms with Gasteiger partial charge in [0.2, 0.25) is 10.0 Å².